The van der Waals surface area contributed by atoms with Gasteiger partial charge in [-0.05, 0) is 12.8 Å². The van der Waals surface area contributed by atoms with Crippen LogP contribution in [0, 0.1) is 0 Å². The third-order valence-corrected chi connectivity index (χ3v) is 3.95. The van der Waals surface area contributed by atoms with Gasteiger partial charge in [-0.15, -0.1) is 0 Å². The van der Waals surface area contributed by atoms with Crippen LogP contribution in [0.3, 0.4) is 0 Å². The molecule has 0 saturated carbocycles. The maximum Gasteiger partial charge on any atom is 0.251 e. The Hall–Kier alpha value is -2.23. The second kappa shape index (κ2) is 4.71. The van der Waals surface area contributed by atoms with Gasteiger partial charge in [0, 0.05) is 17.0 Å². The van der Waals surface area contributed by atoms with Gasteiger partial charge in [-0.1, -0.05) is 38.1 Å². The second-order valence-electron chi connectivity index (χ2n) is 5.06. The minimum Gasteiger partial charge on any atom is -0.338 e. The lowest BCUT2D eigenvalue weighted by Gasteiger charge is -2.11. The van der Waals surface area contributed by atoms with Gasteiger partial charge in [0.25, 0.3) is 5.78 Å². The Kier molecular flexibility index (Phi) is 3.01. The van der Waals surface area contributed by atoms with E-state index in [4.69, 9.17) is 0 Å². The fourth-order valence-corrected chi connectivity index (χ4v) is 2.74. The predicted octanol–water partition coefficient (Wildman–Crippen LogP) is 3.36. The molecule has 4 heteroatoms. The van der Waals surface area contributed by atoms with E-state index in [9.17, 15) is 9.59 Å². The van der Waals surface area contributed by atoms with Gasteiger partial charge in [0.1, 0.15) is 17.2 Å². The van der Waals surface area contributed by atoms with Crippen LogP contribution in [0.25, 0.3) is 11.3 Å². The zero-order valence-electron chi connectivity index (χ0n) is 11.6. The van der Waals surface area contributed by atoms with Gasteiger partial charge < -0.3 is 4.98 Å². The van der Waals surface area contributed by atoms with Crippen molar-refractivity contribution in [2.24, 2.45) is 0 Å². The summed E-state index contributed by atoms with van der Waals surface area (Å²) >= 11 is 0. The van der Waals surface area contributed by atoms with Gasteiger partial charge in [-0.3, -0.25) is 9.59 Å². The number of aromatic nitrogens is 2. The summed E-state index contributed by atoms with van der Waals surface area (Å²) in [4.78, 5) is 31.9. The van der Waals surface area contributed by atoms with E-state index in [1.165, 1.54) is 0 Å². The third-order valence-electron chi connectivity index (χ3n) is 3.95. The molecule has 1 N–H and O–H groups in total. The number of hydrogen-bond donors (Lipinski definition) is 1. The van der Waals surface area contributed by atoms with Crippen LogP contribution >= 0.6 is 0 Å². The molecule has 0 fully saturated rings. The number of nitrogens with one attached hydrogen (secondary N) is 1. The van der Waals surface area contributed by atoms with Gasteiger partial charge in [0.15, 0.2) is 0 Å². The molecule has 0 atom stereocenters. The molecule has 1 aromatic heterocycles. The molecule has 4 nitrogen and oxygen atoms in total. The SMILES string of the molecule is CCC(CC)c1nc2c([nH]1)C(=O)C(=O)c1ccccc1-2. The smallest absolute Gasteiger partial charge is 0.251 e. The molecule has 1 aliphatic rings. The predicted molar refractivity (Wildman–Crippen MR) is 76.0 cm³/mol. The van der Waals surface area contributed by atoms with Crippen LogP contribution in [0.5, 0.6) is 0 Å². The number of nitrogens with zero attached hydrogens (tertiary/aromatic N) is 1. The van der Waals surface area contributed by atoms with E-state index in [1.54, 1.807) is 12.1 Å². The zero-order chi connectivity index (χ0) is 14.3. The van der Waals surface area contributed by atoms with E-state index in [0.717, 1.165) is 24.2 Å². The van der Waals surface area contributed by atoms with Crippen molar-refractivity contribution in [3.63, 3.8) is 0 Å². The highest BCUT2D eigenvalue weighted by molar-refractivity contribution is 6.52. The molecular formula is C16H16N2O2. The molecule has 102 valence electrons. The molecule has 1 aliphatic carbocycles. The molecule has 1 heterocycles. The molecule has 0 bridgehead atoms. The van der Waals surface area contributed by atoms with Crippen LogP contribution in [0.1, 0.15) is 59.3 Å². The summed E-state index contributed by atoms with van der Waals surface area (Å²) in [6.07, 6.45) is 1.90. The lowest BCUT2D eigenvalue weighted by molar-refractivity contribution is 0.0812. The Balaban J connectivity index is 2.20. The van der Waals surface area contributed by atoms with Crippen LogP contribution in [0.15, 0.2) is 24.3 Å². The first-order valence-electron chi connectivity index (χ1n) is 6.95. The Morgan fingerprint density at radius 2 is 1.70 bits per heavy atom. The first kappa shape index (κ1) is 12.8. The highest BCUT2D eigenvalue weighted by atomic mass is 16.2. The van der Waals surface area contributed by atoms with E-state index in [2.05, 4.69) is 23.8 Å². The fourth-order valence-electron chi connectivity index (χ4n) is 2.74. The topological polar surface area (TPSA) is 62.8 Å². The van der Waals surface area contributed by atoms with Crippen LogP contribution in [-0.4, -0.2) is 21.5 Å². The van der Waals surface area contributed by atoms with Gasteiger partial charge in [0.2, 0.25) is 5.78 Å². The molecule has 20 heavy (non-hydrogen) atoms. The first-order valence-corrected chi connectivity index (χ1v) is 6.95. The summed E-state index contributed by atoms with van der Waals surface area (Å²) in [7, 11) is 0. The van der Waals surface area contributed by atoms with Crippen LogP contribution in [-0.2, 0) is 0 Å². The molecule has 0 unspecified atom stereocenters. The van der Waals surface area contributed by atoms with Gasteiger partial charge in [-0.2, -0.15) is 0 Å². The minimum atomic E-state index is -0.483. The molecule has 0 amide bonds. The van der Waals surface area contributed by atoms with E-state index < -0.39 is 11.6 Å². The van der Waals surface area contributed by atoms with Crippen molar-refractivity contribution in [3.05, 3.63) is 41.3 Å². The average molecular weight is 268 g/mol. The van der Waals surface area contributed by atoms with Crippen molar-refractivity contribution in [3.8, 4) is 11.3 Å². The molecule has 0 aliphatic heterocycles. The quantitative estimate of drug-likeness (QED) is 0.868. The Morgan fingerprint density at radius 3 is 2.35 bits per heavy atom. The fraction of sp³-hybridized carbons (Fsp3) is 0.312. The second-order valence-corrected chi connectivity index (χ2v) is 5.06. The molecule has 0 spiro atoms. The van der Waals surface area contributed by atoms with E-state index in [1.807, 2.05) is 12.1 Å². The van der Waals surface area contributed by atoms with Gasteiger partial charge in [-0.25, -0.2) is 4.98 Å². The maximum atomic E-state index is 12.2. The molecule has 1 aromatic carbocycles. The number of carbonyl (C=O) groups excluding carboxylic acids is 2. The summed E-state index contributed by atoms with van der Waals surface area (Å²) in [5, 5.41) is 0. The Morgan fingerprint density at radius 1 is 1.05 bits per heavy atom. The number of ketones is 2. The van der Waals surface area contributed by atoms with Crippen LogP contribution in [0.4, 0.5) is 0 Å². The van der Waals surface area contributed by atoms with Crippen molar-refractivity contribution < 1.29 is 9.59 Å². The average Bonchev–Trinajstić information content (AvgIpc) is 2.91. The molecule has 0 radical (unpaired) electrons. The number of rotatable bonds is 3. The number of fused-ring (bicyclic) bond motifs is 3. The number of carbonyl (C=O) groups is 2. The van der Waals surface area contributed by atoms with E-state index in [-0.39, 0.29) is 5.92 Å². The minimum absolute atomic E-state index is 0.288. The van der Waals surface area contributed by atoms with Crippen molar-refractivity contribution in [2.75, 3.05) is 0 Å². The lowest BCUT2D eigenvalue weighted by atomic mass is 9.90. The Labute approximate surface area is 117 Å². The first-order chi connectivity index (χ1) is 9.67. The number of imidazole rings is 1. The number of H-pyrrole nitrogens is 1. The number of benzene rings is 1. The normalized spacial score (nSPS) is 13.6. The van der Waals surface area contributed by atoms with E-state index in [0.29, 0.717) is 17.0 Å². The summed E-state index contributed by atoms with van der Waals surface area (Å²) < 4.78 is 0. The number of hydrogen-bond acceptors (Lipinski definition) is 3. The standard InChI is InChI=1S/C16H16N2O2/c1-3-9(4-2)16-17-12-10-7-5-6-8-11(10)14(19)15(20)13(12)18-16/h5-9H,3-4H2,1-2H3,(H,17,18). The highest BCUT2D eigenvalue weighted by Crippen LogP contribution is 2.33. The molecular weight excluding hydrogens is 252 g/mol. The molecule has 3 rings (SSSR count). The monoisotopic (exact) mass is 268 g/mol. The highest BCUT2D eigenvalue weighted by Gasteiger charge is 2.33. The van der Waals surface area contributed by atoms with Crippen LogP contribution < -0.4 is 0 Å². The summed E-state index contributed by atoms with van der Waals surface area (Å²) in [5.41, 5.74) is 2.16. The van der Waals surface area contributed by atoms with Gasteiger partial charge >= 0.3 is 0 Å². The molecule has 2 aromatic rings. The third kappa shape index (κ3) is 1.72. The lowest BCUT2D eigenvalue weighted by Crippen LogP contribution is -2.21. The number of aromatic amines is 1. The summed E-state index contributed by atoms with van der Waals surface area (Å²) in [6, 6.07) is 7.15. The maximum absolute atomic E-state index is 12.2. The number of Topliss-reactive ketones (excluding diaryl/α,β-unsaturated/α-hetero) is 2. The van der Waals surface area contributed by atoms with Crippen molar-refractivity contribution >= 4 is 11.6 Å². The Bertz CT molecular complexity index is 696. The van der Waals surface area contributed by atoms with Gasteiger partial charge in [0.05, 0.1) is 0 Å². The largest absolute Gasteiger partial charge is 0.338 e. The summed E-state index contributed by atoms with van der Waals surface area (Å²) in [6.45, 7) is 4.19. The van der Waals surface area contributed by atoms with Crippen LogP contribution in [0.2, 0.25) is 0 Å². The summed E-state index contributed by atoms with van der Waals surface area (Å²) in [5.74, 6) is 0.157. The van der Waals surface area contributed by atoms with E-state index >= 15 is 0 Å². The zero-order valence-corrected chi connectivity index (χ0v) is 11.6. The van der Waals surface area contributed by atoms with Crippen molar-refractivity contribution in [1.29, 1.82) is 0 Å². The molecule has 0 saturated heterocycles. The van der Waals surface area contributed by atoms with Crippen molar-refractivity contribution in [1.82, 2.24) is 9.97 Å². The van der Waals surface area contributed by atoms with Crippen molar-refractivity contribution in [2.45, 2.75) is 32.6 Å².